The second kappa shape index (κ2) is 11.6. The molecule has 0 radical (unpaired) electrons. The number of fused-ring (bicyclic) bond motifs is 7. The summed E-state index contributed by atoms with van der Waals surface area (Å²) in [6.45, 7) is 21.6. The van der Waals surface area contributed by atoms with Gasteiger partial charge in [-0.3, -0.25) is 14.9 Å². The largest absolute Gasteiger partial charge is 0.456 e. The Morgan fingerprint density at radius 3 is 2.22 bits per heavy atom. The molecular weight excluding hydrogens is 614 g/mol. The second-order valence-corrected chi connectivity index (χ2v) is 19.0. The zero-order valence-electron chi connectivity index (χ0n) is 31.6. The zero-order chi connectivity index (χ0) is 36.1. The minimum Gasteiger partial charge on any atom is -0.456 e. The molecule has 0 bridgehead atoms. The number of ether oxygens (including phenoxy) is 1. The number of hydrogen-bond donors (Lipinski definition) is 1. The summed E-state index contributed by atoms with van der Waals surface area (Å²) in [6, 6.07) is 7.96. The number of carbonyl (C=O) groups excluding carboxylic acids is 2. The molecule has 0 heterocycles. The van der Waals surface area contributed by atoms with E-state index in [-0.39, 0.29) is 51.7 Å². The standard InChI is InChI=1S/C42H59NO6/c1-25(2)34-30(44)23-42(33(45)24-43(47)48)22-21-40(9)29(35(34)42)15-16-32-39(8)19-17-28(38(6,7)31(39)18-20-41(32,40)10)26-11-13-27(14-12-26)36(46)49-37(3,4)5/h11-14,17,25,29,31-33,45H,15-16,18-24H2,1-10H3/t29-,31+,32-,33+,39+,40-,41-,42+/m1/s1. The number of nitro groups is 1. The Hall–Kier alpha value is -2.80. The number of hydrogen-bond acceptors (Lipinski definition) is 6. The third-order valence-electron chi connectivity index (χ3n) is 14.9. The lowest BCUT2D eigenvalue weighted by Crippen LogP contribution is -2.64. The summed E-state index contributed by atoms with van der Waals surface area (Å²) in [5.41, 5.74) is 3.64. The summed E-state index contributed by atoms with van der Waals surface area (Å²) in [6.07, 6.45) is 8.24. The Kier molecular flexibility index (Phi) is 8.53. The van der Waals surface area contributed by atoms with E-state index >= 15 is 0 Å². The number of aliphatic hydroxyl groups excluding tert-OH is 1. The second-order valence-electron chi connectivity index (χ2n) is 19.0. The summed E-state index contributed by atoms with van der Waals surface area (Å²) in [4.78, 5) is 37.7. The van der Waals surface area contributed by atoms with Crippen molar-refractivity contribution in [1.82, 2.24) is 0 Å². The molecule has 0 saturated heterocycles. The zero-order valence-corrected chi connectivity index (χ0v) is 31.6. The van der Waals surface area contributed by atoms with Crippen molar-refractivity contribution in [3.8, 4) is 0 Å². The van der Waals surface area contributed by atoms with E-state index in [9.17, 15) is 24.8 Å². The van der Waals surface area contributed by atoms with Crippen LogP contribution in [0.5, 0.6) is 0 Å². The van der Waals surface area contributed by atoms with Crippen LogP contribution in [-0.2, 0) is 9.53 Å². The fourth-order valence-electron chi connectivity index (χ4n) is 12.6. The van der Waals surface area contributed by atoms with Crippen LogP contribution < -0.4 is 0 Å². The van der Waals surface area contributed by atoms with Crippen LogP contribution >= 0.6 is 0 Å². The molecule has 5 aliphatic rings. The molecule has 6 rings (SSSR count). The topological polar surface area (TPSA) is 107 Å². The van der Waals surface area contributed by atoms with E-state index in [0.717, 1.165) is 49.7 Å². The van der Waals surface area contributed by atoms with Gasteiger partial charge in [-0.15, -0.1) is 0 Å². The van der Waals surface area contributed by atoms with Gasteiger partial charge in [-0.05, 0) is 140 Å². The van der Waals surface area contributed by atoms with Gasteiger partial charge in [0.2, 0.25) is 6.54 Å². The number of rotatable bonds is 6. The van der Waals surface area contributed by atoms with E-state index in [0.29, 0.717) is 23.8 Å². The van der Waals surface area contributed by atoms with Crippen molar-refractivity contribution in [3.05, 3.63) is 62.7 Å². The first-order valence-electron chi connectivity index (χ1n) is 18.7. The molecule has 5 aliphatic carbocycles. The monoisotopic (exact) mass is 673 g/mol. The summed E-state index contributed by atoms with van der Waals surface area (Å²) in [5, 5.41) is 23.2. The fraction of sp³-hybridized carbons (Fsp3) is 0.714. The first kappa shape index (κ1) is 36.0. The highest BCUT2D eigenvalue weighted by Gasteiger charge is 2.70. The maximum atomic E-state index is 13.7. The third kappa shape index (κ3) is 5.30. The van der Waals surface area contributed by atoms with Gasteiger partial charge in [-0.2, -0.15) is 0 Å². The van der Waals surface area contributed by atoms with E-state index in [1.54, 1.807) is 0 Å². The maximum absolute atomic E-state index is 13.7. The molecule has 1 aromatic carbocycles. The first-order valence-corrected chi connectivity index (χ1v) is 18.7. The van der Waals surface area contributed by atoms with Crippen molar-refractivity contribution >= 4 is 17.3 Å². The number of allylic oxidation sites excluding steroid dienone is 3. The Labute approximate surface area is 293 Å². The van der Waals surface area contributed by atoms with Crippen LogP contribution in [0.15, 0.2) is 41.5 Å². The van der Waals surface area contributed by atoms with Gasteiger partial charge in [0, 0.05) is 16.8 Å². The molecule has 7 nitrogen and oxygen atoms in total. The molecule has 3 saturated carbocycles. The quantitative estimate of drug-likeness (QED) is 0.183. The van der Waals surface area contributed by atoms with Crippen molar-refractivity contribution < 1.29 is 24.4 Å². The Bertz CT molecular complexity index is 1610. The molecule has 1 aromatic rings. The molecular formula is C42H59NO6. The first-order chi connectivity index (χ1) is 22.6. The van der Waals surface area contributed by atoms with Gasteiger partial charge < -0.3 is 9.84 Å². The van der Waals surface area contributed by atoms with Crippen molar-refractivity contribution in [2.24, 2.45) is 50.7 Å². The minimum absolute atomic E-state index is 0.0224. The lowest BCUT2D eigenvalue weighted by Gasteiger charge is -2.71. The van der Waals surface area contributed by atoms with Crippen LogP contribution in [0.4, 0.5) is 0 Å². The van der Waals surface area contributed by atoms with Crippen LogP contribution in [0.1, 0.15) is 137 Å². The van der Waals surface area contributed by atoms with E-state index in [1.165, 1.54) is 11.1 Å². The minimum atomic E-state index is -1.15. The molecule has 3 fully saturated rings. The van der Waals surface area contributed by atoms with Crippen molar-refractivity contribution in [1.29, 1.82) is 0 Å². The fourth-order valence-corrected chi connectivity index (χ4v) is 12.6. The molecule has 0 unspecified atom stereocenters. The Balaban J connectivity index is 1.34. The van der Waals surface area contributed by atoms with Gasteiger partial charge in [-0.25, -0.2) is 4.79 Å². The molecule has 1 N–H and O–H groups in total. The molecule has 49 heavy (non-hydrogen) atoms. The summed E-state index contributed by atoms with van der Waals surface area (Å²) in [5.74, 6) is 0.915. The summed E-state index contributed by atoms with van der Waals surface area (Å²) < 4.78 is 5.61. The van der Waals surface area contributed by atoms with Gasteiger partial charge in [0.1, 0.15) is 11.7 Å². The van der Waals surface area contributed by atoms with Crippen molar-refractivity contribution in [3.63, 3.8) is 0 Å². The average molecular weight is 674 g/mol. The summed E-state index contributed by atoms with van der Waals surface area (Å²) >= 11 is 0. The van der Waals surface area contributed by atoms with Crippen LogP contribution in [0.2, 0.25) is 0 Å². The predicted octanol–water partition coefficient (Wildman–Crippen LogP) is 9.25. The van der Waals surface area contributed by atoms with Crippen LogP contribution in [-0.4, -0.2) is 40.0 Å². The average Bonchev–Trinajstić information content (AvgIpc) is 3.29. The Morgan fingerprint density at radius 2 is 1.63 bits per heavy atom. The van der Waals surface area contributed by atoms with Crippen molar-refractivity contribution in [2.45, 2.75) is 132 Å². The smallest absolute Gasteiger partial charge is 0.338 e. The highest BCUT2D eigenvalue weighted by Crippen LogP contribution is 2.77. The van der Waals surface area contributed by atoms with Gasteiger partial charge in [0.05, 0.1) is 5.56 Å². The van der Waals surface area contributed by atoms with E-state index in [1.807, 2.05) is 32.9 Å². The normalized spacial score (nSPS) is 37.4. The third-order valence-corrected chi connectivity index (χ3v) is 14.9. The maximum Gasteiger partial charge on any atom is 0.338 e. The van der Waals surface area contributed by atoms with Crippen LogP contribution in [0, 0.1) is 60.9 Å². The highest BCUT2D eigenvalue weighted by atomic mass is 16.6. The molecule has 0 aliphatic heterocycles. The number of Topliss-reactive ketones (excluding diaryl/α,β-unsaturated/α-hetero) is 1. The van der Waals surface area contributed by atoms with E-state index in [2.05, 4.69) is 66.7 Å². The Morgan fingerprint density at radius 1 is 0.980 bits per heavy atom. The highest BCUT2D eigenvalue weighted by molar-refractivity contribution is 6.00. The predicted molar refractivity (Wildman–Crippen MR) is 192 cm³/mol. The lowest BCUT2D eigenvalue weighted by molar-refractivity contribution is -0.494. The van der Waals surface area contributed by atoms with Crippen LogP contribution in [0.25, 0.3) is 5.57 Å². The molecule has 0 spiro atoms. The number of carbonyl (C=O) groups is 2. The van der Waals surface area contributed by atoms with Gasteiger partial charge in [-0.1, -0.05) is 72.2 Å². The molecule has 268 valence electrons. The van der Waals surface area contributed by atoms with E-state index in [4.69, 9.17) is 4.74 Å². The molecule has 7 heteroatoms. The van der Waals surface area contributed by atoms with Crippen LogP contribution in [0.3, 0.4) is 0 Å². The molecule has 0 aromatic heterocycles. The van der Waals surface area contributed by atoms with Gasteiger partial charge >= 0.3 is 5.97 Å². The number of nitrogens with zero attached hydrogens (tertiary/aromatic N) is 1. The van der Waals surface area contributed by atoms with E-state index < -0.39 is 28.6 Å². The van der Waals surface area contributed by atoms with Crippen molar-refractivity contribution in [2.75, 3.05) is 6.54 Å². The van der Waals surface area contributed by atoms with Gasteiger partial charge in [0.15, 0.2) is 5.78 Å². The number of esters is 1. The molecule has 8 atom stereocenters. The number of aliphatic hydroxyl groups is 1. The SMILES string of the molecule is CC(C)C1=C2[C@H]3CC[C@@H]4[C@@]5(C)CC=C(c6ccc(C(=O)OC(C)(C)C)cc6)C(C)(C)[C@@H]5CC[C@@]4(C)[C@]3(C)CC[C@@]2([C@@H](O)C[N+](=O)[O-])CC1=O. The lowest BCUT2D eigenvalue weighted by atomic mass is 9.33. The summed E-state index contributed by atoms with van der Waals surface area (Å²) in [7, 11) is 0. The number of ketones is 1. The number of benzene rings is 1. The molecule has 0 amide bonds. The van der Waals surface area contributed by atoms with Gasteiger partial charge in [0.25, 0.3) is 0 Å².